The van der Waals surface area contributed by atoms with Gasteiger partial charge in [-0.15, -0.1) is 0 Å². The molecule has 38 heavy (non-hydrogen) atoms. The minimum atomic E-state index is -0.114. The number of nitrogens with zero attached hydrogens (tertiary/aromatic N) is 1. The Balaban J connectivity index is 1.55. The minimum absolute atomic E-state index is 0.114. The third-order valence-corrected chi connectivity index (χ3v) is 7.50. The number of methoxy groups -OCH3 is 1. The van der Waals surface area contributed by atoms with Gasteiger partial charge < -0.3 is 19.3 Å². The number of hydrogen-bond donors (Lipinski definition) is 1. The van der Waals surface area contributed by atoms with Crippen molar-refractivity contribution in [1.29, 1.82) is 0 Å². The molecule has 186 valence electrons. The first-order valence-electron chi connectivity index (χ1n) is 12.6. The van der Waals surface area contributed by atoms with Gasteiger partial charge in [-0.25, -0.2) is 0 Å². The van der Waals surface area contributed by atoms with Gasteiger partial charge in [0.2, 0.25) is 12.3 Å². The normalized spacial score (nSPS) is 12.5. The maximum atomic E-state index is 10.3. The van der Waals surface area contributed by atoms with Crippen molar-refractivity contribution in [2.75, 3.05) is 13.9 Å². The van der Waals surface area contributed by atoms with Crippen LogP contribution in [0.25, 0.3) is 54.7 Å². The molecule has 0 bridgehead atoms. The second-order valence-electron chi connectivity index (χ2n) is 9.64. The molecule has 2 heterocycles. The van der Waals surface area contributed by atoms with Crippen LogP contribution in [-0.2, 0) is 13.7 Å². The third-order valence-electron chi connectivity index (χ3n) is 7.50. The molecule has 0 fully saturated rings. The van der Waals surface area contributed by atoms with Crippen LogP contribution in [0.1, 0.15) is 5.56 Å². The van der Waals surface area contributed by atoms with Crippen LogP contribution in [-0.4, -0.2) is 19.0 Å². The number of ether oxygens (including phenoxy) is 3. The first-order valence-corrected chi connectivity index (χ1v) is 12.6. The summed E-state index contributed by atoms with van der Waals surface area (Å²) in [5, 5.41) is 15.6. The Labute approximate surface area is 220 Å². The molecule has 0 radical (unpaired) electrons. The van der Waals surface area contributed by atoms with Gasteiger partial charge in [-0.05, 0) is 51.9 Å². The predicted molar refractivity (Wildman–Crippen MR) is 150 cm³/mol. The Bertz CT molecular complexity index is 1860. The molecule has 1 N–H and O–H groups in total. The van der Waals surface area contributed by atoms with Crippen molar-refractivity contribution in [1.82, 2.24) is 0 Å². The van der Waals surface area contributed by atoms with E-state index in [4.69, 9.17) is 14.2 Å². The Morgan fingerprint density at radius 1 is 0.789 bits per heavy atom. The van der Waals surface area contributed by atoms with E-state index in [1.165, 1.54) is 5.56 Å². The van der Waals surface area contributed by atoms with Gasteiger partial charge in [0.05, 0.1) is 29.9 Å². The molecule has 0 atom stereocenters. The van der Waals surface area contributed by atoms with Gasteiger partial charge in [0.15, 0.2) is 17.7 Å². The molecule has 5 aromatic carbocycles. The molecule has 1 aliphatic rings. The van der Waals surface area contributed by atoms with Crippen LogP contribution in [0.2, 0.25) is 0 Å². The van der Waals surface area contributed by atoms with Gasteiger partial charge in [-0.1, -0.05) is 60.7 Å². The van der Waals surface area contributed by atoms with Crippen LogP contribution in [0.15, 0.2) is 91.1 Å². The van der Waals surface area contributed by atoms with Crippen molar-refractivity contribution in [3.63, 3.8) is 0 Å². The Morgan fingerprint density at radius 2 is 1.50 bits per heavy atom. The standard InChI is InChI=1S/C33H26NO4/c1-34-17-28-31(25-13-12-23-15-29-30(38-19-37-29)16-27(23)32(25)34)26(14-24(18-35)33(28)36-2)22-10-8-21(9-11-22)20-6-4-3-5-7-20/h3-17,35H,18-19H2,1-2H3/q+1. The zero-order chi connectivity index (χ0) is 25.8. The molecule has 7 rings (SSSR count). The lowest BCUT2D eigenvalue weighted by molar-refractivity contribution is -0.642. The highest BCUT2D eigenvalue weighted by Crippen LogP contribution is 2.43. The van der Waals surface area contributed by atoms with Crippen molar-refractivity contribution in [3.05, 3.63) is 96.7 Å². The second kappa shape index (κ2) is 8.75. The van der Waals surface area contributed by atoms with E-state index >= 15 is 0 Å². The Kier molecular flexibility index (Phi) is 5.20. The van der Waals surface area contributed by atoms with Crippen LogP contribution >= 0.6 is 0 Å². The lowest BCUT2D eigenvalue weighted by Gasteiger charge is -2.17. The van der Waals surface area contributed by atoms with Crippen LogP contribution < -0.4 is 18.8 Å². The number of aryl methyl sites for hydroxylation is 1. The zero-order valence-electron chi connectivity index (χ0n) is 21.2. The maximum Gasteiger partial charge on any atom is 0.231 e. The van der Waals surface area contributed by atoms with E-state index < -0.39 is 0 Å². The summed E-state index contributed by atoms with van der Waals surface area (Å²) in [4.78, 5) is 0. The highest BCUT2D eigenvalue weighted by atomic mass is 16.7. The zero-order valence-corrected chi connectivity index (χ0v) is 21.2. The predicted octanol–water partition coefficient (Wildman–Crippen LogP) is 6.53. The molecule has 0 amide bonds. The van der Waals surface area contributed by atoms with E-state index in [0.717, 1.165) is 66.2 Å². The number of pyridine rings is 1. The van der Waals surface area contributed by atoms with Crippen molar-refractivity contribution < 1.29 is 23.9 Å². The highest BCUT2D eigenvalue weighted by Gasteiger charge is 2.24. The second-order valence-corrected chi connectivity index (χ2v) is 9.64. The number of benzene rings is 5. The average molecular weight is 501 g/mol. The largest absolute Gasteiger partial charge is 0.495 e. The van der Waals surface area contributed by atoms with E-state index in [2.05, 4.69) is 83.6 Å². The maximum absolute atomic E-state index is 10.3. The fourth-order valence-corrected chi connectivity index (χ4v) is 5.75. The van der Waals surface area contributed by atoms with Crippen molar-refractivity contribution in [2.45, 2.75) is 6.61 Å². The van der Waals surface area contributed by atoms with Gasteiger partial charge in [-0.2, -0.15) is 4.57 Å². The van der Waals surface area contributed by atoms with E-state index in [0.29, 0.717) is 5.75 Å². The van der Waals surface area contributed by atoms with E-state index in [1.807, 2.05) is 19.2 Å². The Hall–Kier alpha value is -4.61. The van der Waals surface area contributed by atoms with Crippen LogP contribution in [0, 0.1) is 0 Å². The molecule has 6 aromatic rings. The van der Waals surface area contributed by atoms with Gasteiger partial charge in [0.1, 0.15) is 12.8 Å². The third kappa shape index (κ3) is 3.40. The summed E-state index contributed by atoms with van der Waals surface area (Å²) in [5.41, 5.74) is 6.31. The quantitative estimate of drug-likeness (QED) is 0.221. The summed E-state index contributed by atoms with van der Waals surface area (Å²) in [5.74, 6) is 2.22. The van der Waals surface area contributed by atoms with Gasteiger partial charge >= 0.3 is 0 Å². The lowest BCUT2D eigenvalue weighted by atomic mass is 9.91. The average Bonchev–Trinajstić information content (AvgIpc) is 3.42. The first-order chi connectivity index (χ1) is 18.7. The number of aromatic nitrogens is 1. The van der Waals surface area contributed by atoms with Crippen LogP contribution in [0.3, 0.4) is 0 Å². The van der Waals surface area contributed by atoms with Crippen molar-refractivity contribution >= 4 is 32.4 Å². The monoisotopic (exact) mass is 500 g/mol. The molecular formula is C33H26NO4+. The smallest absolute Gasteiger partial charge is 0.231 e. The summed E-state index contributed by atoms with van der Waals surface area (Å²) < 4.78 is 19.3. The molecular weight excluding hydrogens is 474 g/mol. The summed E-state index contributed by atoms with van der Waals surface area (Å²) >= 11 is 0. The summed E-state index contributed by atoms with van der Waals surface area (Å²) in [7, 11) is 3.71. The molecule has 0 unspecified atom stereocenters. The fraction of sp³-hybridized carbons (Fsp3) is 0.121. The van der Waals surface area contributed by atoms with E-state index in [1.54, 1.807) is 7.11 Å². The van der Waals surface area contributed by atoms with Crippen LogP contribution in [0.5, 0.6) is 17.2 Å². The molecule has 5 heteroatoms. The summed E-state index contributed by atoms with van der Waals surface area (Å²) in [6, 6.07) is 29.5. The lowest BCUT2D eigenvalue weighted by Crippen LogP contribution is -2.29. The number of rotatable bonds is 4. The fourth-order valence-electron chi connectivity index (χ4n) is 5.75. The van der Waals surface area contributed by atoms with Crippen LogP contribution in [0.4, 0.5) is 0 Å². The van der Waals surface area contributed by atoms with Crippen molar-refractivity contribution in [2.24, 2.45) is 7.05 Å². The van der Waals surface area contributed by atoms with E-state index in [-0.39, 0.29) is 13.4 Å². The molecule has 0 saturated carbocycles. The SMILES string of the molecule is COc1c(CO)cc(-c2ccc(-c3ccccc3)cc2)c2c1c[n+](C)c1c3cc4c(cc3ccc21)OCO4. The van der Waals surface area contributed by atoms with E-state index in [9.17, 15) is 5.11 Å². The number of fused-ring (bicyclic) bond motifs is 6. The number of hydrogen-bond acceptors (Lipinski definition) is 4. The van der Waals surface area contributed by atoms with Crippen molar-refractivity contribution in [3.8, 4) is 39.5 Å². The molecule has 0 saturated heterocycles. The van der Waals surface area contributed by atoms with Gasteiger partial charge in [0, 0.05) is 10.9 Å². The molecule has 1 aromatic heterocycles. The Morgan fingerprint density at radius 3 is 2.24 bits per heavy atom. The first kappa shape index (κ1) is 22.6. The topological polar surface area (TPSA) is 51.8 Å². The number of aliphatic hydroxyl groups excluding tert-OH is 1. The summed E-state index contributed by atoms with van der Waals surface area (Å²) in [6.07, 6.45) is 2.10. The van der Waals surface area contributed by atoms with Gasteiger partial charge in [0.25, 0.3) is 0 Å². The molecule has 5 nitrogen and oxygen atoms in total. The number of aliphatic hydroxyl groups is 1. The summed E-state index contributed by atoms with van der Waals surface area (Å²) in [6.45, 7) is 0.125. The van der Waals surface area contributed by atoms with Gasteiger partial charge in [-0.3, -0.25) is 0 Å². The minimum Gasteiger partial charge on any atom is -0.495 e. The molecule has 0 spiro atoms. The highest BCUT2D eigenvalue weighted by molar-refractivity contribution is 6.19. The molecule has 1 aliphatic heterocycles. The molecule has 0 aliphatic carbocycles.